The Balaban J connectivity index is 1.25. The molecule has 1 fully saturated rings. The van der Waals surface area contributed by atoms with Crippen LogP contribution in [0.2, 0.25) is 0 Å². The van der Waals surface area contributed by atoms with Crippen LogP contribution in [0.25, 0.3) is 5.52 Å². The summed E-state index contributed by atoms with van der Waals surface area (Å²) in [5.74, 6) is 0.110. The normalized spacial score (nSPS) is 18.6. The third-order valence-electron chi connectivity index (χ3n) is 6.09. The van der Waals surface area contributed by atoms with Gasteiger partial charge in [-0.25, -0.2) is 4.52 Å². The van der Waals surface area contributed by atoms with Crippen LogP contribution in [0.4, 0.5) is 0 Å². The number of rotatable bonds is 2. The van der Waals surface area contributed by atoms with Gasteiger partial charge in [0.2, 0.25) is 0 Å². The number of likely N-dealkylation sites (tertiary alicyclic amines) is 1. The fraction of sp³-hybridized carbons (Fsp3) is 0.364. The zero-order chi connectivity index (χ0) is 18.2. The minimum Gasteiger partial charge on any atom is -0.338 e. The molecule has 27 heavy (non-hydrogen) atoms. The van der Waals surface area contributed by atoms with E-state index in [4.69, 9.17) is 0 Å². The van der Waals surface area contributed by atoms with Gasteiger partial charge in [-0.3, -0.25) is 9.69 Å². The Labute approximate surface area is 159 Å². The number of benzene rings is 1. The van der Waals surface area contributed by atoms with E-state index in [1.54, 1.807) is 10.7 Å². The van der Waals surface area contributed by atoms with Gasteiger partial charge >= 0.3 is 0 Å². The highest BCUT2D eigenvalue weighted by molar-refractivity contribution is 6.00. The van der Waals surface area contributed by atoms with E-state index in [2.05, 4.69) is 34.3 Å². The zero-order valence-corrected chi connectivity index (χ0v) is 15.4. The molecule has 1 amide bonds. The van der Waals surface area contributed by atoms with E-state index in [0.29, 0.717) is 11.6 Å². The van der Waals surface area contributed by atoms with E-state index in [-0.39, 0.29) is 5.91 Å². The predicted molar refractivity (Wildman–Crippen MR) is 105 cm³/mol. The van der Waals surface area contributed by atoms with Crippen LogP contribution < -0.4 is 0 Å². The highest BCUT2D eigenvalue weighted by Crippen LogP contribution is 2.26. The minimum absolute atomic E-state index is 0.110. The summed E-state index contributed by atoms with van der Waals surface area (Å²) >= 11 is 0. The second-order valence-corrected chi connectivity index (χ2v) is 7.60. The van der Waals surface area contributed by atoms with Gasteiger partial charge in [-0.15, -0.1) is 0 Å². The van der Waals surface area contributed by atoms with Crippen LogP contribution in [-0.4, -0.2) is 51.0 Å². The summed E-state index contributed by atoms with van der Waals surface area (Å²) in [6, 6.07) is 15.2. The molecule has 0 unspecified atom stereocenters. The second-order valence-electron chi connectivity index (χ2n) is 7.60. The number of piperidine rings is 1. The number of hydrogen-bond donors (Lipinski definition) is 0. The fourth-order valence-corrected chi connectivity index (χ4v) is 4.53. The van der Waals surface area contributed by atoms with E-state index < -0.39 is 0 Å². The predicted octanol–water partition coefficient (Wildman–Crippen LogP) is 3.00. The van der Waals surface area contributed by atoms with Gasteiger partial charge in [-0.1, -0.05) is 30.3 Å². The number of aromatic nitrogens is 2. The summed E-state index contributed by atoms with van der Waals surface area (Å²) in [5.41, 5.74) is 4.56. The van der Waals surface area contributed by atoms with Gasteiger partial charge < -0.3 is 4.90 Å². The first-order valence-corrected chi connectivity index (χ1v) is 9.82. The van der Waals surface area contributed by atoms with Crippen molar-refractivity contribution in [3.05, 3.63) is 71.5 Å². The van der Waals surface area contributed by atoms with Gasteiger partial charge in [-0.2, -0.15) is 5.10 Å². The standard InChI is InChI=1S/C22H24N4O/c27-22(20-15-23-26-11-4-3-7-21(20)26)24-13-9-19(10-14-24)25-12-8-17-5-1-2-6-18(17)16-25/h1-7,11,15,19H,8-10,12-14,16H2. The minimum atomic E-state index is 0.110. The summed E-state index contributed by atoms with van der Waals surface area (Å²) < 4.78 is 1.77. The largest absolute Gasteiger partial charge is 0.338 e. The van der Waals surface area contributed by atoms with Gasteiger partial charge in [-0.05, 0) is 42.5 Å². The molecule has 0 spiro atoms. The van der Waals surface area contributed by atoms with E-state index >= 15 is 0 Å². The van der Waals surface area contributed by atoms with Crippen LogP contribution >= 0.6 is 0 Å². The molecule has 0 aliphatic carbocycles. The van der Waals surface area contributed by atoms with Crippen LogP contribution in [0.15, 0.2) is 54.9 Å². The molecule has 0 bridgehead atoms. The van der Waals surface area contributed by atoms with Gasteiger partial charge in [0, 0.05) is 38.4 Å². The van der Waals surface area contributed by atoms with E-state index in [9.17, 15) is 4.79 Å². The molecular weight excluding hydrogens is 336 g/mol. The molecule has 1 aromatic carbocycles. The third-order valence-corrected chi connectivity index (χ3v) is 6.09. The fourth-order valence-electron chi connectivity index (χ4n) is 4.53. The number of carbonyl (C=O) groups is 1. The van der Waals surface area contributed by atoms with E-state index in [1.165, 1.54) is 11.1 Å². The SMILES string of the molecule is O=C(c1cnn2ccccc12)N1CCC(N2CCc3ccccc3C2)CC1. The molecule has 138 valence electrons. The van der Waals surface area contributed by atoms with E-state index in [1.807, 2.05) is 29.3 Å². The monoisotopic (exact) mass is 360 g/mol. The van der Waals surface area contributed by atoms with Crippen LogP contribution in [0.3, 0.4) is 0 Å². The number of fused-ring (bicyclic) bond motifs is 2. The van der Waals surface area contributed by atoms with Crippen LogP contribution in [0.5, 0.6) is 0 Å². The molecule has 2 aliphatic rings. The number of pyridine rings is 1. The smallest absolute Gasteiger partial charge is 0.257 e. The van der Waals surface area contributed by atoms with Gasteiger partial charge in [0.15, 0.2) is 0 Å². The lowest BCUT2D eigenvalue weighted by Gasteiger charge is -2.40. The highest BCUT2D eigenvalue weighted by atomic mass is 16.2. The molecule has 2 aromatic heterocycles. The van der Waals surface area contributed by atoms with Gasteiger partial charge in [0.1, 0.15) is 0 Å². The molecule has 2 aliphatic heterocycles. The Morgan fingerprint density at radius 1 is 0.963 bits per heavy atom. The maximum absolute atomic E-state index is 13.0. The van der Waals surface area contributed by atoms with Crippen LogP contribution in [0.1, 0.15) is 34.3 Å². The molecule has 1 saturated heterocycles. The van der Waals surface area contributed by atoms with Crippen molar-refractivity contribution in [3.8, 4) is 0 Å². The van der Waals surface area contributed by atoms with Crippen molar-refractivity contribution in [2.75, 3.05) is 19.6 Å². The number of nitrogens with zero attached hydrogens (tertiary/aromatic N) is 4. The quantitative estimate of drug-likeness (QED) is 0.705. The lowest BCUT2D eigenvalue weighted by Crippen LogP contribution is -2.48. The maximum atomic E-state index is 13.0. The molecule has 0 saturated carbocycles. The van der Waals surface area contributed by atoms with Gasteiger partial charge in [0.25, 0.3) is 5.91 Å². The molecule has 4 heterocycles. The molecule has 5 heteroatoms. The first-order valence-electron chi connectivity index (χ1n) is 9.82. The molecule has 0 radical (unpaired) electrons. The van der Waals surface area contributed by atoms with Crippen LogP contribution in [-0.2, 0) is 13.0 Å². The summed E-state index contributed by atoms with van der Waals surface area (Å²) in [4.78, 5) is 17.6. The Morgan fingerprint density at radius 2 is 1.74 bits per heavy atom. The van der Waals surface area contributed by atoms with Crippen molar-refractivity contribution >= 4 is 11.4 Å². The average molecular weight is 360 g/mol. The average Bonchev–Trinajstić information content (AvgIpc) is 3.17. The lowest BCUT2D eigenvalue weighted by molar-refractivity contribution is 0.0601. The van der Waals surface area contributed by atoms with Crippen molar-refractivity contribution in [2.24, 2.45) is 0 Å². The molecular formula is C22H24N4O. The zero-order valence-electron chi connectivity index (χ0n) is 15.4. The van der Waals surface area contributed by atoms with Crippen LogP contribution in [0, 0.1) is 0 Å². The molecule has 0 N–H and O–H groups in total. The molecule has 5 rings (SSSR count). The van der Waals surface area contributed by atoms with Crippen molar-refractivity contribution < 1.29 is 4.79 Å². The number of carbonyl (C=O) groups excluding carboxylic acids is 1. The Kier molecular flexibility index (Phi) is 4.17. The number of amides is 1. The van der Waals surface area contributed by atoms with Crippen molar-refractivity contribution in [1.29, 1.82) is 0 Å². The van der Waals surface area contributed by atoms with Gasteiger partial charge in [0.05, 0.1) is 17.3 Å². The summed E-state index contributed by atoms with van der Waals surface area (Å²) in [5, 5.41) is 4.31. The topological polar surface area (TPSA) is 40.9 Å². The van der Waals surface area contributed by atoms with Crippen molar-refractivity contribution in [3.63, 3.8) is 0 Å². The van der Waals surface area contributed by atoms with Crippen molar-refractivity contribution in [2.45, 2.75) is 31.8 Å². The maximum Gasteiger partial charge on any atom is 0.257 e. The summed E-state index contributed by atoms with van der Waals surface area (Å²) in [6.07, 6.45) is 6.82. The Bertz CT molecular complexity index is 971. The lowest BCUT2D eigenvalue weighted by atomic mass is 9.95. The summed E-state index contributed by atoms with van der Waals surface area (Å²) in [6.45, 7) is 3.82. The number of hydrogen-bond acceptors (Lipinski definition) is 3. The second kappa shape index (κ2) is 6.82. The summed E-state index contributed by atoms with van der Waals surface area (Å²) in [7, 11) is 0. The first kappa shape index (κ1) is 16.5. The third kappa shape index (κ3) is 3.02. The Morgan fingerprint density at radius 3 is 2.59 bits per heavy atom. The molecule has 3 aromatic rings. The van der Waals surface area contributed by atoms with Crippen molar-refractivity contribution in [1.82, 2.24) is 19.4 Å². The first-order chi connectivity index (χ1) is 13.3. The molecule has 5 nitrogen and oxygen atoms in total. The van der Waals surface area contributed by atoms with E-state index in [0.717, 1.165) is 51.0 Å². The molecule has 0 atom stereocenters. The highest BCUT2D eigenvalue weighted by Gasteiger charge is 2.30. The Hall–Kier alpha value is -2.66.